The highest BCUT2D eigenvalue weighted by atomic mass is 79.9. The van der Waals surface area contributed by atoms with Gasteiger partial charge in [-0.3, -0.25) is 0 Å². The first-order valence-electron chi connectivity index (χ1n) is 4.31. The van der Waals surface area contributed by atoms with Gasteiger partial charge >= 0.3 is 6.18 Å². The Hall–Kier alpha value is -0.840. The minimum atomic E-state index is -4.38. The van der Waals surface area contributed by atoms with Gasteiger partial charge in [0, 0.05) is 5.33 Å². The van der Waals surface area contributed by atoms with Crippen LogP contribution in [0.4, 0.5) is 13.2 Å². The van der Waals surface area contributed by atoms with E-state index in [1.165, 1.54) is 6.07 Å². The molecule has 0 aliphatic rings. The summed E-state index contributed by atoms with van der Waals surface area (Å²) in [6, 6.07) is 3.85. The average molecular weight is 280 g/mol. The molecule has 0 saturated carbocycles. The molecule has 0 aliphatic carbocycles. The Kier molecular flexibility index (Phi) is 4.32. The van der Waals surface area contributed by atoms with Gasteiger partial charge in [-0.15, -0.1) is 0 Å². The Morgan fingerprint density at radius 2 is 2.07 bits per heavy atom. The summed E-state index contributed by atoms with van der Waals surface area (Å²) in [6.07, 6.45) is -0.259. The van der Waals surface area contributed by atoms with Gasteiger partial charge < -0.3 is 0 Å². The van der Waals surface area contributed by atoms with Gasteiger partial charge in [-0.25, -0.2) is 4.98 Å². The Bertz CT molecular complexity index is 347. The van der Waals surface area contributed by atoms with Crippen LogP contribution < -0.4 is 0 Å². The van der Waals surface area contributed by atoms with Crippen molar-refractivity contribution in [1.82, 2.24) is 4.98 Å². The molecule has 1 aromatic rings. The van der Waals surface area contributed by atoms with E-state index in [-0.39, 0.29) is 0 Å². The summed E-state index contributed by atoms with van der Waals surface area (Å²) in [7, 11) is 0. The van der Waals surface area contributed by atoms with Gasteiger partial charge in [-0.2, -0.15) is 13.2 Å². The molecule has 0 unspecified atom stereocenters. The fraction of sp³-hybridized carbons (Fsp3) is 0.300. The summed E-state index contributed by atoms with van der Waals surface area (Å²) in [5.74, 6) is 0. The lowest BCUT2D eigenvalue weighted by Crippen LogP contribution is -2.07. The minimum Gasteiger partial charge on any atom is -0.244 e. The second-order valence-electron chi connectivity index (χ2n) is 2.83. The Labute approximate surface area is 94.2 Å². The molecule has 0 N–H and O–H groups in total. The van der Waals surface area contributed by atoms with E-state index in [1.54, 1.807) is 18.2 Å². The number of aromatic nitrogens is 1. The summed E-state index contributed by atoms with van der Waals surface area (Å²) < 4.78 is 36.8. The van der Waals surface area contributed by atoms with Crippen LogP contribution in [-0.4, -0.2) is 10.3 Å². The molecule has 0 saturated heterocycles. The standard InChI is InChI=1S/C10H9BrF3N/c11-7-2-1-4-8-5-3-6-9(15-8)10(12,13)14/h1,3-6H,2,7H2. The predicted molar refractivity (Wildman–Crippen MR) is 56.7 cm³/mol. The highest BCUT2D eigenvalue weighted by Crippen LogP contribution is 2.27. The Morgan fingerprint density at radius 3 is 2.67 bits per heavy atom. The molecule has 0 fully saturated rings. The van der Waals surface area contributed by atoms with E-state index in [2.05, 4.69) is 20.9 Å². The van der Waals surface area contributed by atoms with Crippen molar-refractivity contribution < 1.29 is 13.2 Å². The third kappa shape index (κ3) is 4.03. The molecule has 5 heteroatoms. The van der Waals surface area contributed by atoms with E-state index >= 15 is 0 Å². The summed E-state index contributed by atoms with van der Waals surface area (Å²) in [5.41, 5.74) is -0.533. The quantitative estimate of drug-likeness (QED) is 0.765. The van der Waals surface area contributed by atoms with Gasteiger partial charge in [-0.05, 0) is 24.6 Å². The largest absolute Gasteiger partial charge is 0.433 e. The Balaban J connectivity index is 2.84. The topological polar surface area (TPSA) is 12.9 Å². The number of hydrogen-bond donors (Lipinski definition) is 0. The summed E-state index contributed by atoms with van der Waals surface area (Å²) >= 11 is 3.22. The fourth-order valence-electron chi connectivity index (χ4n) is 0.969. The van der Waals surface area contributed by atoms with Gasteiger partial charge in [0.2, 0.25) is 0 Å². The third-order valence-electron chi connectivity index (χ3n) is 1.63. The van der Waals surface area contributed by atoms with Crippen molar-refractivity contribution in [3.63, 3.8) is 0 Å². The zero-order valence-corrected chi connectivity index (χ0v) is 9.35. The van der Waals surface area contributed by atoms with Crippen LogP contribution in [0.25, 0.3) is 6.08 Å². The van der Waals surface area contributed by atoms with Crippen molar-refractivity contribution >= 4 is 22.0 Å². The predicted octanol–water partition coefficient (Wildman–Crippen LogP) is 3.90. The second-order valence-corrected chi connectivity index (χ2v) is 3.62. The first-order chi connectivity index (χ1) is 7.04. The first-order valence-corrected chi connectivity index (χ1v) is 5.43. The highest BCUT2D eigenvalue weighted by Gasteiger charge is 2.32. The van der Waals surface area contributed by atoms with Gasteiger partial charge in [0.05, 0.1) is 5.69 Å². The maximum Gasteiger partial charge on any atom is 0.433 e. The summed E-state index contributed by atoms with van der Waals surface area (Å²) in [5, 5.41) is 0.780. The number of nitrogens with zero attached hydrogens (tertiary/aromatic N) is 1. The van der Waals surface area contributed by atoms with E-state index in [0.717, 1.165) is 17.8 Å². The zero-order chi connectivity index (χ0) is 11.3. The van der Waals surface area contributed by atoms with Crippen LogP contribution in [0.5, 0.6) is 0 Å². The SMILES string of the molecule is FC(F)(F)c1cccc(C=CCCBr)n1. The van der Waals surface area contributed by atoms with Crippen molar-refractivity contribution in [2.45, 2.75) is 12.6 Å². The molecule has 0 radical (unpaired) electrons. The maximum atomic E-state index is 12.3. The van der Waals surface area contributed by atoms with E-state index in [0.29, 0.717) is 5.69 Å². The van der Waals surface area contributed by atoms with Gasteiger partial charge in [0.1, 0.15) is 5.69 Å². The monoisotopic (exact) mass is 279 g/mol. The lowest BCUT2D eigenvalue weighted by molar-refractivity contribution is -0.141. The normalized spacial score (nSPS) is 12.3. The van der Waals surface area contributed by atoms with Crippen LogP contribution >= 0.6 is 15.9 Å². The van der Waals surface area contributed by atoms with E-state index in [4.69, 9.17) is 0 Å². The minimum absolute atomic E-state index is 0.325. The van der Waals surface area contributed by atoms with Crippen LogP contribution in [0, 0.1) is 0 Å². The molecule has 0 spiro atoms. The van der Waals surface area contributed by atoms with Crippen molar-refractivity contribution in [2.75, 3.05) is 5.33 Å². The number of alkyl halides is 4. The van der Waals surface area contributed by atoms with Gasteiger partial charge in [0.15, 0.2) is 0 Å². The fourth-order valence-corrected chi connectivity index (χ4v) is 1.23. The first kappa shape index (κ1) is 12.2. The molecule has 1 heterocycles. The molecular weight excluding hydrogens is 271 g/mol. The summed E-state index contributed by atoms with van der Waals surface area (Å²) in [4.78, 5) is 3.49. The van der Waals surface area contributed by atoms with Gasteiger partial charge in [-0.1, -0.05) is 28.1 Å². The molecule has 0 aliphatic heterocycles. The van der Waals surface area contributed by atoms with Crippen molar-refractivity contribution in [1.29, 1.82) is 0 Å². The molecule has 1 aromatic heterocycles. The molecule has 0 aromatic carbocycles. The molecule has 82 valence electrons. The number of allylic oxidation sites excluding steroid dienone is 1. The molecular formula is C10H9BrF3N. The van der Waals surface area contributed by atoms with Gasteiger partial charge in [0.25, 0.3) is 0 Å². The molecule has 0 atom stereocenters. The lowest BCUT2D eigenvalue weighted by atomic mass is 10.2. The van der Waals surface area contributed by atoms with Crippen molar-refractivity contribution in [3.05, 3.63) is 35.7 Å². The molecule has 0 bridgehead atoms. The number of pyridine rings is 1. The Morgan fingerprint density at radius 1 is 1.33 bits per heavy atom. The van der Waals surface area contributed by atoms with Crippen molar-refractivity contribution in [3.8, 4) is 0 Å². The molecule has 1 rings (SSSR count). The molecule has 1 nitrogen and oxygen atoms in total. The number of rotatable bonds is 3. The van der Waals surface area contributed by atoms with Crippen LogP contribution in [0.3, 0.4) is 0 Å². The van der Waals surface area contributed by atoms with Crippen LogP contribution in [0.15, 0.2) is 24.3 Å². The molecule has 15 heavy (non-hydrogen) atoms. The smallest absolute Gasteiger partial charge is 0.244 e. The van der Waals surface area contributed by atoms with E-state index in [1.807, 2.05) is 0 Å². The van der Waals surface area contributed by atoms with E-state index < -0.39 is 11.9 Å². The van der Waals surface area contributed by atoms with E-state index in [9.17, 15) is 13.2 Å². The lowest BCUT2D eigenvalue weighted by Gasteiger charge is -2.05. The van der Waals surface area contributed by atoms with Crippen molar-refractivity contribution in [2.24, 2.45) is 0 Å². The number of hydrogen-bond acceptors (Lipinski definition) is 1. The third-order valence-corrected chi connectivity index (χ3v) is 2.08. The summed E-state index contributed by atoms with van der Waals surface area (Å²) in [6.45, 7) is 0. The van der Waals surface area contributed by atoms with Crippen LogP contribution in [0.2, 0.25) is 0 Å². The maximum absolute atomic E-state index is 12.3. The highest BCUT2D eigenvalue weighted by molar-refractivity contribution is 9.09. The average Bonchev–Trinajstić information content (AvgIpc) is 2.17. The second kappa shape index (κ2) is 5.30. The number of halogens is 4. The van der Waals surface area contributed by atoms with Crippen LogP contribution in [0.1, 0.15) is 17.8 Å². The van der Waals surface area contributed by atoms with Crippen LogP contribution in [-0.2, 0) is 6.18 Å². The molecule has 0 amide bonds. The zero-order valence-electron chi connectivity index (χ0n) is 7.76.